The molecule has 146 valence electrons. The normalized spacial score (nSPS) is 11.2. The number of ether oxygens (including phenoxy) is 2. The Morgan fingerprint density at radius 2 is 2.04 bits per heavy atom. The van der Waals surface area contributed by atoms with Gasteiger partial charge in [0.15, 0.2) is 17.5 Å². The Labute approximate surface area is 165 Å². The summed E-state index contributed by atoms with van der Waals surface area (Å²) in [5.41, 5.74) is 3.00. The van der Waals surface area contributed by atoms with E-state index in [9.17, 15) is 0 Å². The van der Waals surface area contributed by atoms with Gasteiger partial charge in [-0.25, -0.2) is 4.68 Å². The maximum atomic E-state index is 5.56. The number of rotatable bonds is 7. The summed E-state index contributed by atoms with van der Waals surface area (Å²) in [7, 11) is 3.36. The summed E-state index contributed by atoms with van der Waals surface area (Å²) in [5, 5.41) is 10.9. The van der Waals surface area contributed by atoms with Crippen molar-refractivity contribution in [2.24, 2.45) is 4.99 Å². The topological polar surface area (TPSA) is 72.7 Å². The fourth-order valence-electron chi connectivity index (χ4n) is 2.75. The van der Waals surface area contributed by atoms with Crippen LogP contribution in [0.3, 0.4) is 0 Å². The van der Waals surface area contributed by atoms with Crippen LogP contribution in [0.5, 0.6) is 11.5 Å². The Balaban J connectivity index is 1.65. The Bertz CT molecular complexity index is 922. The van der Waals surface area contributed by atoms with Crippen molar-refractivity contribution in [3.63, 3.8) is 0 Å². The molecule has 0 bridgehead atoms. The number of aliphatic imine (C=N–C) groups is 1. The molecule has 0 atom stereocenters. The Hall–Kier alpha value is -3.48. The van der Waals surface area contributed by atoms with Crippen molar-refractivity contribution in [1.82, 2.24) is 15.1 Å². The lowest BCUT2D eigenvalue weighted by Gasteiger charge is -2.15. The Morgan fingerprint density at radius 3 is 2.75 bits per heavy atom. The number of benzene rings is 2. The number of aromatic nitrogens is 2. The fourth-order valence-corrected chi connectivity index (χ4v) is 2.75. The van der Waals surface area contributed by atoms with Gasteiger partial charge in [0.1, 0.15) is 0 Å². The largest absolute Gasteiger partial charge is 0.493 e. The molecule has 0 spiro atoms. The first-order chi connectivity index (χ1) is 13.7. The van der Waals surface area contributed by atoms with Crippen LogP contribution >= 0.6 is 0 Å². The van der Waals surface area contributed by atoms with Gasteiger partial charge in [-0.05, 0) is 42.8 Å². The van der Waals surface area contributed by atoms with Gasteiger partial charge in [-0.1, -0.05) is 12.1 Å². The number of methoxy groups -OCH3 is 1. The zero-order chi connectivity index (χ0) is 19.8. The molecule has 0 aliphatic heterocycles. The molecule has 3 rings (SSSR count). The first-order valence-corrected chi connectivity index (χ1v) is 9.11. The van der Waals surface area contributed by atoms with Crippen LogP contribution in [0.1, 0.15) is 12.5 Å². The van der Waals surface area contributed by atoms with Crippen molar-refractivity contribution >= 4 is 11.6 Å². The van der Waals surface area contributed by atoms with E-state index in [0.29, 0.717) is 30.6 Å². The molecule has 0 fully saturated rings. The van der Waals surface area contributed by atoms with Crippen LogP contribution in [0.4, 0.5) is 5.69 Å². The molecule has 3 aromatic rings. The second kappa shape index (κ2) is 9.45. The lowest BCUT2D eigenvalue weighted by molar-refractivity contribution is 0.311. The summed E-state index contributed by atoms with van der Waals surface area (Å²) >= 11 is 0. The monoisotopic (exact) mass is 379 g/mol. The molecule has 0 saturated heterocycles. The van der Waals surface area contributed by atoms with Gasteiger partial charge in [-0.15, -0.1) is 0 Å². The fraction of sp³-hybridized carbons (Fsp3) is 0.238. The molecule has 0 saturated carbocycles. The van der Waals surface area contributed by atoms with Crippen LogP contribution in [0, 0.1) is 0 Å². The quantitative estimate of drug-likeness (QED) is 0.486. The van der Waals surface area contributed by atoms with Gasteiger partial charge >= 0.3 is 0 Å². The molecule has 0 aliphatic carbocycles. The average Bonchev–Trinajstić information content (AvgIpc) is 3.27. The van der Waals surface area contributed by atoms with Gasteiger partial charge in [0.25, 0.3) is 0 Å². The zero-order valence-electron chi connectivity index (χ0n) is 16.3. The highest BCUT2D eigenvalue weighted by Crippen LogP contribution is 2.30. The molecular weight excluding hydrogens is 354 g/mol. The van der Waals surface area contributed by atoms with E-state index in [-0.39, 0.29) is 0 Å². The SMILES string of the molecule is CCOc1ccc(NC(=NC)NCc2cccc(-n3cccn3)c2)cc1OC. The summed E-state index contributed by atoms with van der Waals surface area (Å²) < 4.78 is 12.8. The van der Waals surface area contributed by atoms with Gasteiger partial charge in [0, 0.05) is 37.7 Å². The van der Waals surface area contributed by atoms with Gasteiger partial charge in [-0.2, -0.15) is 5.10 Å². The van der Waals surface area contributed by atoms with Crippen LogP contribution in [0.15, 0.2) is 65.9 Å². The minimum Gasteiger partial charge on any atom is -0.493 e. The third-order valence-corrected chi connectivity index (χ3v) is 4.09. The first-order valence-electron chi connectivity index (χ1n) is 9.11. The molecule has 0 amide bonds. The standard InChI is InChI=1S/C21H25N5O2/c1-4-28-19-10-9-17(14-20(19)27-3)25-21(22-2)23-15-16-7-5-8-18(13-16)26-12-6-11-24-26/h5-14H,4,15H2,1-3H3,(H2,22,23,25). The summed E-state index contributed by atoms with van der Waals surface area (Å²) in [6.45, 7) is 3.16. The van der Waals surface area contributed by atoms with Crippen LogP contribution in [0.2, 0.25) is 0 Å². The van der Waals surface area contributed by atoms with Crippen molar-refractivity contribution < 1.29 is 9.47 Å². The molecular formula is C21H25N5O2. The summed E-state index contributed by atoms with van der Waals surface area (Å²) in [6, 6.07) is 15.8. The van der Waals surface area contributed by atoms with Gasteiger partial charge < -0.3 is 20.1 Å². The van der Waals surface area contributed by atoms with Crippen molar-refractivity contribution in [2.45, 2.75) is 13.5 Å². The number of nitrogens with zero attached hydrogens (tertiary/aromatic N) is 3. The maximum absolute atomic E-state index is 5.56. The van der Waals surface area contributed by atoms with E-state index in [1.807, 2.05) is 54.2 Å². The van der Waals surface area contributed by atoms with E-state index in [2.05, 4.69) is 32.9 Å². The minimum atomic E-state index is 0.587. The summed E-state index contributed by atoms with van der Waals surface area (Å²) in [4.78, 5) is 4.29. The van der Waals surface area contributed by atoms with Crippen molar-refractivity contribution in [3.05, 3.63) is 66.5 Å². The number of hydrogen-bond donors (Lipinski definition) is 2. The maximum Gasteiger partial charge on any atom is 0.195 e. The molecule has 7 heteroatoms. The zero-order valence-corrected chi connectivity index (χ0v) is 16.3. The van der Waals surface area contributed by atoms with E-state index >= 15 is 0 Å². The third kappa shape index (κ3) is 4.82. The van der Waals surface area contributed by atoms with Crippen LogP contribution in [-0.2, 0) is 6.54 Å². The summed E-state index contributed by atoms with van der Waals surface area (Å²) in [5.74, 6) is 2.05. The molecule has 0 unspecified atom stereocenters. The molecule has 2 aromatic carbocycles. The van der Waals surface area contributed by atoms with E-state index in [4.69, 9.17) is 9.47 Å². The third-order valence-electron chi connectivity index (χ3n) is 4.09. The highest BCUT2D eigenvalue weighted by Gasteiger charge is 2.07. The van der Waals surface area contributed by atoms with Crippen LogP contribution < -0.4 is 20.1 Å². The van der Waals surface area contributed by atoms with Gasteiger partial charge in [0.05, 0.1) is 19.4 Å². The minimum absolute atomic E-state index is 0.587. The number of guanidine groups is 1. The molecule has 7 nitrogen and oxygen atoms in total. The van der Waals surface area contributed by atoms with Crippen molar-refractivity contribution in [2.75, 3.05) is 26.1 Å². The second-order valence-electron chi connectivity index (χ2n) is 5.97. The smallest absolute Gasteiger partial charge is 0.195 e. The Kier molecular flexibility index (Phi) is 6.51. The number of hydrogen-bond acceptors (Lipinski definition) is 4. The molecule has 0 radical (unpaired) electrons. The predicted octanol–water partition coefficient (Wildman–Crippen LogP) is 3.47. The van der Waals surface area contributed by atoms with E-state index in [1.54, 1.807) is 20.4 Å². The lowest BCUT2D eigenvalue weighted by atomic mass is 10.2. The lowest BCUT2D eigenvalue weighted by Crippen LogP contribution is -2.30. The molecule has 1 aromatic heterocycles. The molecule has 0 aliphatic rings. The van der Waals surface area contributed by atoms with Gasteiger partial charge in [0.2, 0.25) is 0 Å². The predicted molar refractivity (Wildman–Crippen MR) is 112 cm³/mol. The average molecular weight is 379 g/mol. The summed E-state index contributed by atoms with van der Waals surface area (Å²) in [6.07, 6.45) is 3.69. The Morgan fingerprint density at radius 1 is 1.14 bits per heavy atom. The highest BCUT2D eigenvalue weighted by atomic mass is 16.5. The number of nitrogens with one attached hydrogen (secondary N) is 2. The van der Waals surface area contributed by atoms with Crippen molar-refractivity contribution in [3.8, 4) is 17.2 Å². The first kappa shape index (κ1) is 19.3. The van der Waals surface area contributed by atoms with Crippen molar-refractivity contribution in [1.29, 1.82) is 0 Å². The number of anilines is 1. The van der Waals surface area contributed by atoms with Gasteiger partial charge in [-0.3, -0.25) is 4.99 Å². The van der Waals surface area contributed by atoms with E-state index in [0.717, 1.165) is 16.9 Å². The highest BCUT2D eigenvalue weighted by molar-refractivity contribution is 5.93. The molecule has 1 heterocycles. The van der Waals surface area contributed by atoms with E-state index < -0.39 is 0 Å². The van der Waals surface area contributed by atoms with Crippen LogP contribution in [0.25, 0.3) is 5.69 Å². The molecule has 2 N–H and O–H groups in total. The second-order valence-corrected chi connectivity index (χ2v) is 5.97. The van der Waals surface area contributed by atoms with E-state index in [1.165, 1.54) is 0 Å². The molecule has 28 heavy (non-hydrogen) atoms. The van der Waals surface area contributed by atoms with Crippen LogP contribution in [-0.4, -0.2) is 36.5 Å².